The molecule has 0 saturated carbocycles. The van der Waals surface area contributed by atoms with Crippen LogP contribution in [0.25, 0.3) is 10.9 Å². The van der Waals surface area contributed by atoms with Crippen LogP contribution >= 0.6 is 0 Å². The Morgan fingerprint density at radius 3 is 2.39 bits per heavy atom. The van der Waals surface area contributed by atoms with Gasteiger partial charge in [0.15, 0.2) is 6.61 Å². The molecular weight excluding hydrogens is 425 g/mol. The van der Waals surface area contributed by atoms with Gasteiger partial charge in [-0.1, -0.05) is 18.2 Å². The number of hydrogen-bond acceptors (Lipinski definition) is 4. The Labute approximate surface area is 191 Å². The molecule has 1 aliphatic heterocycles. The topological polar surface area (TPSA) is 71.9 Å². The van der Waals surface area contributed by atoms with Gasteiger partial charge in [0, 0.05) is 56.2 Å². The highest BCUT2D eigenvalue weighted by Gasteiger charge is 2.22. The van der Waals surface area contributed by atoms with E-state index in [0.29, 0.717) is 43.0 Å². The molecule has 0 radical (unpaired) electrons. The molecule has 4 rings (SSSR count). The quantitative estimate of drug-likeness (QED) is 0.598. The number of benzene rings is 2. The summed E-state index contributed by atoms with van der Waals surface area (Å²) in [5.41, 5.74) is 1.60. The summed E-state index contributed by atoms with van der Waals surface area (Å²) < 4.78 is 21.5. The summed E-state index contributed by atoms with van der Waals surface area (Å²) >= 11 is 0. The van der Waals surface area contributed by atoms with E-state index >= 15 is 0 Å². The highest BCUT2D eigenvalue weighted by atomic mass is 19.1. The Hall–Kier alpha value is -3.68. The number of pyridine rings is 1. The molecule has 0 spiro atoms. The van der Waals surface area contributed by atoms with Crippen molar-refractivity contribution in [2.45, 2.75) is 20.4 Å². The summed E-state index contributed by atoms with van der Waals surface area (Å²) in [4.78, 5) is 40.2. The lowest BCUT2D eigenvalue weighted by molar-refractivity contribution is -0.139. The van der Waals surface area contributed by atoms with Crippen LogP contribution in [-0.2, 0) is 16.1 Å². The standard InChI is InChI=1S/C25H26FN3O4/c1-17-13-24(31)29(15-19-5-3-4-6-22(19)26)23-14-20(7-8-21(17)23)33-16-25(32)28-11-9-27(10-12-28)18(2)30/h3-8,13-14H,9-12,15-16H2,1-2H3. The van der Waals surface area contributed by atoms with Crippen LogP contribution < -0.4 is 10.3 Å². The Balaban J connectivity index is 1.53. The Morgan fingerprint density at radius 2 is 1.70 bits per heavy atom. The minimum atomic E-state index is -0.374. The van der Waals surface area contributed by atoms with Gasteiger partial charge in [-0.15, -0.1) is 0 Å². The number of nitrogens with zero attached hydrogens (tertiary/aromatic N) is 3. The predicted octanol–water partition coefficient (Wildman–Crippen LogP) is 2.57. The van der Waals surface area contributed by atoms with Gasteiger partial charge in [0.2, 0.25) is 5.91 Å². The zero-order valence-corrected chi connectivity index (χ0v) is 18.7. The van der Waals surface area contributed by atoms with Gasteiger partial charge in [-0.2, -0.15) is 0 Å². The van der Waals surface area contributed by atoms with Crippen molar-refractivity contribution >= 4 is 22.7 Å². The molecule has 2 heterocycles. The molecule has 3 aromatic rings. The zero-order chi connectivity index (χ0) is 23.5. The number of carbonyl (C=O) groups excluding carboxylic acids is 2. The van der Waals surface area contributed by atoms with Crippen molar-refractivity contribution in [1.82, 2.24) is 14.4 Å². The highest BCUT2D eigenvalue weighted by molar-refractivity contribution is 5.84. The van der Waals surface area contributed by atoms with Crippen LogP contribution in [0.1, 0.15) is 18.1 Å². The molecular formula is C25H26FN3O4. The molecule has 0 aliphatic carbocycles. The first-order chi connectivity index (χ1) is 15.8. The first kappa shape index (κ1) is 22.5. The monoisotopic (exact) mass is 451 g/mol. The fraction of sp³-hybridized carbons (Fsp3) is 0.320. The van der Waals surface area contributed by atoms with Crippen molar-refractivity contribution in [2.24, 2.45) is 0 Å². The summed E-state index contributed by atoms with van der Waals surface area (Å²) in [5.74, 6) is -0.0796. The molecule has 1 fully saturated rings. The summed E-state index contributed by atoms with van der Waals surface area (Å²) in [6.07, 6.45) is 0. The number of fused-ring (bicyclic) bond motifs is 1. The minimum absolute atomic E-state index is 0.00577. The number of carbonyl (C=O) groups is 2. The summed E-state index contributed by atoms with van der Waals surface area (Å²) in [6.45, 7) is 5.29. The van der Waals surface area contributed by atoms with Crippen LogP contribution in [0.2, 0.25) is 0 Å². The van der Waals surface area contributed by atoms with Gasteiger partial charge in [0.1, 0.15) is 11.6 Å². The number of halogens is 1. The fourth-order valence-corrected chi connectivity index (χ4v) is 4.08. The van der Waals surface area contributed by atoms with Crippen LogP contribution in [-0.4, -0.2) is 59.0 Å². The van der Waals surface area contributed by atoms with Crippen LogP contribution in [0.3, 0.4) is 0 Å². The van der Waals surface area contributed by atoms with Crippen molar-refractivity contribution in [3.05, 3.63) is 75.8 Å². The number of ether oxygens (including phenoxy) is 1. The smallest absolute Gasteiger partial charge is 0.260 e. The third-order valence-corrected chi connectivity index (χ3v) is 6.02. The average molecular weight is 451 g/mol. The largest absolute Gasteiger partial charge is 0.484 e. The molecule has 1 aliphatic rings. The first-order valence-corrected chi connectivity index (χ1v) is 10.9. The van der Waals surface area contributed by atoms with E-state index in [1.165, 1.54) is 23.6 Å². The molecule has 8 heteroatoms. The van der Waals surface area contributed by atoms with Gasteiger partial charge in [0.25, 0.3) is 11.5 Å². The summed E-state index contributed by atoms with van der Waals surface area (Å²) in [5, 5.41) is 0.852. The van der Waals surface area contributed by atoms with Crippen molar-refractivity contribution in [3.8, 4) is 5.75 Å². The average Bonchev–Trinajstić information content (AvgIpc) is 2.81. The lowest BCUT2D eigenvalue weighted by Gasteiger charge is -2.34. The number of aromatic nitrogens is 1. The number of hydrogen-bond donors (Lipinski definition) is 0. The molecule has 0 unspecified atom stereocenters. The van der Waals surface area contributed by atoms with E-state index in [-0.39, 0.29) is 36.3 Å². The number of rotatable bonds is 5. The molecule has 0 N–H and O–H groups in total. The van der Waals surface area contributed by atoms with Crippen LogP contribution in [0, 0.1) is 12.7 Å². The highest BCUT2D eigenvalue weighted by Crippen LogP contribution is 2.23. The number of piperazine rings is 1. The lowest BCUT2D eigenvalue weighted by Crippen LogP contribution is -2.51. The van der Waals surface area contributed by atoms with Crippen molar-refractivity contribution in [3.63, 3.8) is 0 Å². The second kappa shape index (κ2) is 9.44. The summed E-state index contributed by atoms with van der Waals surface area (Å²) in [6, 6.07) is 13.2. The number of aryl methyl sites for hydroxylation is 1. The van der Waals surface area contributed by atoms with E-state index in [4.69, 9.17) is 4.74 Å². The molecule has 0 atom stereocenters. The molecule has 0 bridgehead atoms. The third kappa shape index (κ3) is 4.89. The maximum Gasteiger partial charge on any atom is 0.260 e. The summed E-state index contributed by atoms with van der Waals surface area (Å²) in [7, 11) is 0. The molecule has 172 valence electrons. The van der Waals surface area contributed by atoms with E-state index < -0.39 is 0 Å². The maximum absolute atomic E-state index is 14.2. The van der Waals surface area contributed by atoms with Gasteiger partial charge >= 0.3 is 0 Å². The van der Waals surface area contributed by atoms with E-state index in [1.54, 1.807) is 40.1 Å². The van der Waals surface area contributed by atoms with Crippen LogP contribution in [0.15, 0.2) is 53.3 Å². The molecule has 2 aromatic carbocycles. The van der Waals surface area contributed by atoms with Crippen LogP contribution in [0.5, 0.6) is 5.75 Å². The second-order valence-electron chi connectivity index (χ2n) is 8.20. The predicted molar refractivity (Wildman–Crippen MR) is 123 cm³/mol. The molecule has 33 heavy (non-hydrogen) atoms. The minimum Gasteiger partial charge on any atom is -0.484 e. The molecule has 2 amide bonds. The Kier molecular flexibility index (Phi) is 6.44. The number of amides is 2. The van der Waals surface area contributed by atoms with E-state index in [9.17, 15) is 18.8 Å². The van der Waals surface area contributed by atoms with Gasteiger partial charge < -0.3 is 19.1 Å². The molecule has 7 nitrogen and oxygen atoms in total. The maximum atomic E-state index is 14.2. The lowest BCUT2D eigenvalue weighted by atomic mass is 10.1. The van der Waals surface area contributed by atoms with Crippen molar-refractivity contribution in [2.75, 3.05) is 32.8 Å². The van der Waals surface area contributed by atoms with E-state index in [2.05, 4.69) is 0 Å². The fourth-order valence-electron chi connectivity index (χ4n) is 4.08. The molecule has 1 saturated heterocycles. The molecule has 1 aromatic heterocycles. The van der Waals surface area contributed by atoms with Gasteiger partial charge in [-0.3, -0.25) is 14.4 Å². The third-order valence-electron chi connectivity index (χ3n) is 6.02. The van der Waals surface area contributed by atoms with E-state index in [1.807, 2.05) is 13.0 Å². The first-order valence-electron chi connectivity index (χ1n) is 10.9. The Morgan fingerprint density at radius 1 is 1.00 bits per heavy atom. The van der Waals surface area contributed by atoms with Gasteiger partial charge in [-0.25, -0.2) is 4.39 Å². The SMILES string of the molecule is CC(=O)N1CCN(C(=O)COc2ccc3c(C)cc(=O)n(Cc4ccccc4F)c3c2)CC1. The van der Waals surface area contributed by atoms with Crippen molar-refractivity contribution in [1.29, 1.82) is 0 Å². The normalized spacial score (nSPS) is 13.9. The van der Waals surface area contributed by atoms with Crippen LogP contribution in [0.4, 0.5) is 4.39 Å². The zero-order valence-electron chi connectivity index (χ0n) is 18.7. The van der Waals surface area contributed by atoms with Gasteiger partial charge in [0.05, 0.1) is 12.1 Å². The Bertz CT molecular complexity index is 1260. The van der Waals surface area contributed by atoms with Crippen molar-refractivity contribution < 1.29 is 18.7 Å². The van der Waals surface area contributed by atoms with E-state index in [0.717, 1.165) is 10.9 Å². The van der Waals surface area contributed by atoms with Gasteiger partial charge in [-0.05, 0) is 30.7 Å². The second-order valence-corrected chi connectivity index (χ2v) is 8.20.